The van der Waals surface area contributed by atoms with E-state index in [0.29, 0.717) is 52.5 Å². The molecular formula is C24H22FIN2O6S. The summed E-state index contributed by atoms with van der Waals surface area (Å²) in [7, 11) is 1.50. The van der Waals surface area contributed by atoms with E-state index in [1.165, 1.54) is 19.2 Å². The molecule has 2 heterocycles. The summed E-state index contributed by atoms with van der Waals surface area (Å²) in [5.41, 5.74) is 1.31. The zero-order chi connectivity index (χ0) is 24.9. The maximum absolute atomic E-state index is 13.4. The topological polar surface area (TPSA) is 85.4 Å². The molecule has 2 aliphatic heterocycles. The molecular weight excluding hydrogens is 590 g/mol. The lowest BCUT2D eigenvalue weighted by molar-refractivity contribution is -0.139. The first-order chi connectivity index (χ1) is 16.9. The highest BCUT2D eigenvalue weighted by Gasteiger charge is 2.37. The van der Waals surface area contributed by atoms with E-state index in [9.17, 15) is 18.8 Å². The van der Waals surface area contributed by atoms with E-state index < -0.39 is 11.1 Å². The van der Waals surface area contributed by atoms with Gasteiger partial charge in [0.2, 0.25) is 5.91 Å². The van der Waals surface area contributed by atoms with Crippen molar-refractivity contribution >= 4 is 57.5 Å². The van der Waals surface area contributed by atoms with Crippen LogP contribution in [0.25, 0.3) is 6.08 Å². The highest BCUT2D eigenvalue weighted by molar-refractivity contribution is 14.1. The summed E-state index contributed by atoms with van der Waals surface area (Å²) < 4.78 is 30.7. The summed E-state index contributed by atoms with van der Waals surface area (Å²) in [6, 6.07) is 9.61. The van der Waals surface area contributed by atoms with E-state index in [0.717, 1.165) is 16.7 Å². The van der Waals surface area contributed by atoms with Crippen LogP contribution in [0.2, 0.25) is 0 Å². The van der Waals surface area contributed by atoms with Crippen LogP contribution in [0.1, 0.15) is 11.1 Å². The summed E-state index contributed by atoms with van der Waals surface area (Å²) in [5, 5.41) is -0.487. The fourth-order valence-corrected chi connectivity index (χ4v) is 5.20. The lowest BCUT2D eigenvalue weighted by Gasteiger charge is -2.28. The number of benzene rings is 2. The molecule has 0 aromatic heterocycles. The van der Waals surface area contributed by atoms with Gasteiger partial charge in [0.05, 0.1) is 28.8 Å². The molecule has 11 heteroatoms. The van der Waals surface area contributed by atoms with Crippen molar-refractivity contribution in [3.63, 3.8) is 0 Å². The van der Waals surface area contributed by atoms with Gasteiger partial charge < -0.3 is 19.1 Å². The molecule has 2 fully saturated rings. The molecule has 8 nitrogen and oxygen atoms in total. The number of thioether (sulfide) groups is 1. The molecule has 3 amide bonds. The van der Waals surface area contributed by atoms with Gasteiger partial charge >= 0.3 is 0 Å². The van der Waals surface area contributed by atoms with Gasteiger partial charge in [-0.15, -0.1) is 0 Å². The van der Waals surface area contributed by atoms with E-state index in [-0.39, 0.29) is 29.8 Å². The SMILES string of the molecule is COc1cc(/C=C2/SC(=O)N(CC(=O)N3CCOCC3)C2=O)cc(I)c1OCc1cccc(F)c1. The molecule has 0 aliphatic carbocycles. The predicted octanol–water partition coefficient (Wildman–Crippen LogP) is 3.91. The molecule has 0 bridgehead atoms. The largest absolute Gasteiger partial charge is 0.493 e. The smallest absolute Gasteiger partial charge is 0.294 e. The van der Waals surface area contributed by atoms with Crippen LogP contribution in [-0.4, -0.2) is 66.8 Å². The van der Waals surface area contributed by atoms with Gasteiger partial charge in [-0.25, -0.2) is 4.39 Å². The molecule has 2 saturated heterocycles. The Morgan fingerprint density at radius 3 is 2.71 bits per heavy atom. The minimum Gasteiger partial charge on any atom is -0.493 e. The second kappa shape index (κ2) is 11.4. The second-order valence-electron chi connectivity index (χ2n) is 7.71. The molecule has 35 heavy (non-hydrogen) atoms. The van der Waals surface area contributed by atoms with Crippen LogP contribution in [0.4, 0.5) is 9.18 Å². The standard InChI is InChI=1S/C24H22FIN2O6S/c1-32-19-11-16(10-18(26)22(19)34-14-15-3-2-4-17(25)9-15)12-20-23(30)28(24(31)35-20)13-21(29)27-5-7-33-8-6-27/h2-4,9-12H,5-8,13-14H2,1H3/b20-12+. The minimum absolute atomic E-state index is 0.152. The first-order valence-electron chi connectivity index (χ1n) is 10.7. The number of morpholine rings is 1. The Bertz CT molecular complexity index is 1180. The zero-order valence-electron chi connectivity index (χ0n) is 18.8. The number of nitrogens with zero attached hydrogens (tertiary/aromatic N) is 2. The normalized spacial score (nSPS) is 17.3. The van der Waals surface area contributed by atoms with E-state index in [1.54, 1.807) is 35.2 Å². The number of halogens is 2. The number of hydrogen-bond acceptors (Lipinski definition) is 7. The van der Waals surface area contributed by atoms with Gasteiger partial charge in [0.1, 0.15) is 19.0 Å². The van der Waals surface area contributed by atoms with Crippen molar-refractivity contribution in [1.82, 2.24) is 9.80 Å². The van der Waals surface area contributed by atoms with Gasteiger partial charge in [-0.05, 0) is 75.8 Å². The van der Waals surface area contributed by atoms with Crippen molar-refractivity contribution in [3.05, 3.63) is 61.8 Å². The summed E-state index contributed by atoms with van der Waals surface area (Å²) in [6.45, 7) is 1.62. The number of carbonyl (C=O) groups excluding carboxylic acids is 3. The van der Waals surface area contributed by atoms with E-state index in [4.69, 9.17) is 14.2 Å². The highest BCUT2D eigenvalue weighted by atomic mass is 127. The number of hydrogen-bond donors (Lipinski definition) is 0. The lowest BCUT2D eigenvalue weighted by atomic mass is 10.1. The number of methoxy groups -OCH3 is 1. The van der Waals surface area contributed by atoms with Crippen LogP contribution >= 0.6 is 34.4 Å². The van der Waals surface area contributed by atoms with Crippen LogP contribution in [0.5, 0.6) is 11.5 Å². The molecule has 2 aromatic rings. The highest BCUT2D eigenvalue weighted by Crippen LogP contribution is 2.37. The van der Waals surface area contributed by atoms with Gasteiger partial charge in [-0.3, -0.25) is 19.3 Å². The molecule has 0 atom stereocenters. The first-order valence-corrected chi connectivity index (χ1v) is 12.6. The summed E-state index contributed by atoms with van der Waals surface area (Å²) in [5.74, 6) is -0.224. The molecule has 4 rings (SSSR count). The van der Waals surface area contributed by atoms with E-state index in [2.05, 4.69) is 22.6 Å². The number of ether oxygens (including phenoxy) is 3. The fourth-order valence-electron chi connectivity index (χ4n) is 3.58. The van der Waals surface area contributed by atoms with E-state index in [1.807, 2.05) is 0 Å². The van der Waals surface area contributed by atoms with Crippen molar-refractivity contribution in [2.75, 3.05) is 40.0 Å². The maximum atomic E-state index is 13.4. The summed E-state index contributed by atoms with van der Waals surface area (Å²) in [4.78, 5) is 40.6. The Labute approximate surface area is 219 Å². The average Bonchev–Trinajstić information content (AvgIpc) is 3.10. The van der Waals surface area contributed by atoms with Crippen LogP contribution in [0.15, 0.2) is 41.3 Å². The Morgan fingerprint density at radius 1 is 1.23 bits per heavy atom. The summed E-state index contributed by atoms with van der Waals surface area (Å²) >= 11 is 2.88. The Morgan fingerprint density at radius 2 is 2.00 bits per heavy atom. The third kappa shape index (κ3) is 6.14. The Kier molecular flexibility index (Phi) is 8.29. The third-order valence-electron chi connectivity index (χ3n) is 5.35. The van der Waals surface area contributed by atoms with Crippen LogP contribution in [0, 0.1) is 9.39 Å². The lowest BCUT2D eigenvalue weighted by Crippen LogP contribution is -2.46. The van der Waals surface area contributed by atoms with Crippen molar-refractivity contribution in [3.8, 4) is 11.5 Å². The molecule has 0 spiro atoms. The number of carbonyl (C=O) groups is 3. The van der Waals surface area contributed by atoms with Gasteiger partial charge in [0.25, 0.3) is 11.1 Å². The molecule has 0 N–H and O–H groups in total. The van der Waals surface area contributed by atoms with Crippen molar-refractivity contribution in [2.24, 2.45) is 0 Å². The monoisotopic (exact) mass is 612 g/mol. The maximum Gasteiger partial charge on any atom is 0.294 e. The Hall–Kier alpha value is -2.64. The number of imide groups is 1. The zero-order valence-corrected chi connectivity index (χ0v) is 21.8. The Balaban J connectivity index is 1.48. The molecule has 0 saturated carbocycles. The minimum atomic E-state index is -0.512. The molecule has 184 valence electrons. The van der Waals surface area contributed by atoms with Crippen molar-refractivity contribution < 1.29 is 33.0 Å². The van der Waals surface area contributed by atoms with Gasteiger partial charge in [-0.1, -0.05) is 12.1 Å². The molecule has 2 aliphatic rings. The van der Waals surface area contributed by atoms with Crippen LogP contribution in [-0.2, 0) is 20.9 Å². The average molecular weight is 612 g/mol. The predicted molar refractivity (Wildman–Crippen MR) is 137 cm³/mol. The molecule has 2 aromatic carbocycles. The quantitative estimate of drug-likeness (QED) is 0.347. The molecule has 0 radical (unpaired) electrons. The fraction of sp³-hybridized carbons (Fsp3) is 0.292. The first kappa shape index (κ1) is 25.5. The number of rotatable bonds is 7. The van der Waals surface area contributed by atoms with Crippen LogP contribution < -0.4 is 9.47 Å². The van der Waals surface area contributed by atoms with Gasteiger partial charge in [0, 0.05) is 13.1 Å². The number of amides is 3. The summed E-state index contributed by atoms with van der Waals surface area (Å²) in [6.07, 6.45) is 1.59. The van der Waals surface area contributed by atoms with Crippen LogP contribution in [0.3, 0.4) is 0 Å². The third-order valence-corrected chi connectivity index (χ3v) is 7.06. The van der Waals surface area contributed by atoms with Crippen molar-refractivity contribution in [2.45, 2.75) is 6.61 Å². The van der Waals surface area contributed by atoms with Gasteiger partial charge in [-0.2, -0.15) is 0 Å². The van der Waals surface area contributed by atoms with Crippen molar-refractivity contribution in [1.29, 1.82) is 0 Å². The molecule has 0 unspecified atom stereocenters. The van der Waals surface area contributed by atoms with E-state index >= 15 is 0 Å². The second-order valence-corrected chi connectivity index (χ2v) is 9.87. The van der Waals surface area contributed by atoms with Gasteiger partial charge in [0.15, 0.2) is 11.5 Å².